The Kier molecular flexibility index (Phi) is 2.91. The predicted octanol–water partition coefficient (Wildman–Crippen LogP) is 0.835. The van der Waals surface area contributed by atoms with E-state index < -0.39 is 5.97 Å². The van der Waals surface area contributed by atoms with Crippen LogP contribution in [0, 0.1) is 5.92 Å². The quantitative estimate of drug-likeness (QED) is 0.800. The molecule has 1 aromatic heterocycles. The Bertz CT molecular complexity index is 390. The monoisotopic (exact) mass is 226 g/mol. The van der Waals surface area contributed by atoms with E-state index in [1.807, 2.05) is 6.92 Å². The maximum absolute atomic E-state index is 10.7. The zero-order valence-electron chi connectivity index (χ0n) is 9.21. The lowest BCUT2D eigenvalue weighted by Crippen LogP contribution is -2.09. The summed E-state index contributed by atoms with van der Waals surface area (Å²) in [4.78, 5) is 14.8. The molecule has 1 fully saturated rings. The second kappa shape index (κ2) is 4.21. The van der Waals surface area contributed by atoms with E-state index in [0.717, 1.165) is 0 Å². The van der Waals surface area contributed by atoms with Crippen molar-refractivity contribution in [3.05, 3.63) is 11.7 Å². The predicted molar refractivity (Wildman–Crippen MR) is 53.0 cm³/mol. The van der Waals surface area contributed by atoms with Crippen LogP contribution in [0.2, 0.25) is 0 Å². The average Bonchev–Trinajstić information content (AvgIpc) is 2.93. The first-order valence-electron chi connectivity index (χ1n) is 5.20. The first-order valence-corrected chi connectivity index (χ1v) is 5.20. The highest BCUT2D eigenvalue weighted by atomic mass is 16.5. The van der Waals surface area contributed by atoms with Crippen molar-refractivity contribution in [1.29, 1.82) is 0 Å². The highest BCUT2D eigenvalue weighted by Gasteiger charge is 2.48. The van der Waals surface area contributed by atoms with Crippen LogP contribution in [0.1, 0.15) is 31.0 Å². The van der Waals surface area contributed by atoms with Gasteiger partial charge >= 0.3 is 5.97 Å². The van der Waals surface area contributed by atoms with Crippen molar-refractivity contribution in [1.82, 2.24) is 10.1 Å². The van der Waals surface area contributed by atoms with Crippen LogP contribution in [0.3, 0.4) is 0 Å². The van der Waals surface area contributed by atoms with Gasteiger partial charge in [-0.1, -0.05) is 5.16 Å². The molecule has 1 heterocycles. The van der Waals surface area contributed by atoms with Crippen LogP contribution >= 0.6 is 0 Å². The van der Waals surface area contributed by atoms with E-state index in [0.29, 0.717) is 24.6 Å². The van der Waals surface area contributed by atoms with Crippen LogP contribution in [0.25, 0.3) is 0 Å². The molecule has 88 valence electrons. The Balaban J connectivity index is 1.96. The van der Waals surface area contributed by atoms with Crippen molar-refractivity contribution >= 4 is 5.97 Å². The van der Waals surface area contributed by atoms with E-state index >= 15 is 0 Å². The van der Waals surface area contributed by atoms with Crippen molar-refractivity contribution in [3.63, 3.8) is 0 Å². The normalized spacial score (nSPS) is 25.4. The molecule has 1 aromatic rings. The number of nitrogens with zero attached hydrogens (tertiary/aromatic N) is 2. The number of carbonyl (C=O) groups is 1. The minimum atomic E-state index is -0.796. The molecule has 1 saturated carbocycles. The Labute approximate surface area is 92.6 Å². The van der Waals surface area contributed by atoms with Crippen molar-refractivity contribution in [2.24, 2.45) is 5.92 Å². The minimum Gasteiger partial charge on any atom is -0.481 e. The van der Waals surface area contributed by atoms with E-state index in [-0.39, 0.29) is 17.9 Å². The maximum atomic E-state index is 10.7. The number of methoxy groups -OCH3 is 1. The summed E-state index contributed by atoms with van der Waals surface area (Å²) in [5.74, 6) is -0.245. The molecule has 3 atom stereocenters. The van der Waals surface area contributed by atoms with Gasteiger partial charge in [0.05, 0.1) is 17.9 Å². The van der Waals surface area contributed by atoms with Gasteiger partial charge in [0.25, 0.3) is 0 Å². The Morgan fingerprint density at radius 2 is 2.50 bits per heavy atom. The fraction of sp³-hybridized carbons (Fsp3) is 0.700. The highest BCUT2D eigenvalue weighted by molar-refractivity contribution is 5.74. The highest BCUT2D eigenvalue weighted by Crippen LogP contribution is 2.46. The van der Waals surface area contributed by atoms with Gasteiger partial charge in [-0.15, -0.1) is 0 Å². The molecule has 0 amide bonds. The molecule has 16 heavy (non-hydrogen) atoms. The molecule has 1 N–H and O–H groups in total. The third-order valence-electron chi connectivity index (χ3n) is 2.78. The SMILES string of the molecule is COC(C)Cc1noc(C2CC2C(=O)O)n1. The second-order valence-electron chi connectivity index (χ2n) is 4.09. The standard InChI is InChI=1S/C10H14N2O4/c1-5(15-2)3-8-11-9(16-12-8)6-4-7(6)10(13)14/h5-7H,3-4H2,1-2H3,(H,13,14). The molecular formula is C10H14N2O4. The lowest BCUT2D eigenvalue weighted by atomic mass is 10.3. The van der Waals surface area contributed by atoms with Gasteiger partial charge < -0.3 is 14.4 Å². The van der Waals surface area contributed by atoms with Gasteiger partial charge in [-0.3, -0.25) is 4.79 Å². The van der Waals surface area contributed by atoms with E-state index in [1.165, 1.54) is 0 Å². The Morgan fingerprint density at radius 3 is 3.06 bits per heavy atom. The van der Waals surface area contributed by atoms with Crippen LogP contribution in [0.15, 0.2) is 4.52 Å². The first-order chi connectivity index (χ1) is 7.61. The molecule has 2 rings (SSSR count). The first kappa shape index (κ1) is 11.1. The largest absolute Gasteiger partial charge is 0.481 e. The van der Waals surface area contributed by atoms with Crippen LogP contribution in [-0.2, 0) is 16.0 Å². The number of aromatic nitrogens is 2. The molecule has 1 aliphatic rings. The number of rotatable bonds is 5. The summed E-state index contributed by atoms with van der Waals surface area (Å²) in [7, 11) is 1.62. The third kappa shape index (κ3) is 2.21. The summed E-state index contributed by atoms with van der Waals surface area (Å²) >= 11 is 0. The van der Waals surface area contributed by atoms with E-state index in [2.05, 4.69) is 10.1 Å². The lowest BCUT2D eigenvalue weighted by molar-refractivity contribution is -0.138. The van der Waals surface area contributed by atoms with Crippen LogP contribution < -0.4 is 0 Å². The number of hydrogen-bond donors (Lipinski definition) is 1. The molecule has 0 aromatic carbocycles. The van der Waals surface area contributed by atoms with E-state index in [9.17, 15) is 4.79 Å². The van der Waals surface area contributed by atoms with Gasteiger partial charge in [0.1, 0.15) is 0 Å². The van der Waals surface area contributed by atoms with Crippen LogP contribution in [0.4, 0.5) is 0 Å². The summed E-state index contributed by atoms with van der Waals surface area (Å²) in [5, 5.41) is 12.6. The molecule has 0 bridgehead atoms. The topological polar surface area (TPSA) is 85.5 Å². The Morgan fingerprint density at radius 1 is 1.75 bits per heavy atom. The molecule has 0 spiro atoms. The molecule has 0 aliphatic heterocycles. The van der Waals surface area contributed by atoms with Crippen LogP contribution in [-0.4, -0.2) is 34.4 Å². The molecule has 0 radical (unpaired) electrons. The van der Waals surface area contributed by atoms with Gasteiger partial charge in [0.15, 0.2) is 5.82 Å². The van der Waals surface area contributed by atoms with Crippen molar-refractivity contribution in [3.8, 4) is 0 Å². The van der Waals surface area contributed by atoms with Gasteiger partial charge in [0, 0.05) is 13.5 Å². The maximum Gasteiger partial charge on any atom is 0.307 e. The molecule has 1 aliphatic carbocycles. The van der Waals surface area contributed by atoms with Crippen molar-refractivity contribution < 1.29 is 19.2 Å². The number of hydrogen-bond acceptors (Lipinski definition) is 5. The fourth-order valence-corrected chi connectivity index (χ4v) is 1.58. The minimum absolute atomic E-state index is 0.0277. The molecule has 6 heteroatoms. The summed E-state index contributed by atoms with van der Waals surface area (Å²) in [6, 6.07) is 0. The van der Waals surface area contributed by atoms with Crippen LogP contribution in [0.5, 0.6) is 0 Å². The fourth-order valence-electron chi connectivity index (χ4n) is 1.58. The number of aliphatic carboxylic acids is 1. The van der Waals surface area contributed by atoms with Gasteiger partial charge in [-0.05, 0) is 13.3 Å². The average molecular weight is 226 g/mol. The third-order valence-corrected chi connectivity index (χ3v) is 2.78. The number of ether oxygens (including phenoxy) is 1. The van der Waals surface area contributed by atoms with Crippen molar-refractivity contribution in [2.75, 3.05) is 7.11 Å². The Hall–Kier alpha value is -1.43. The second-order valence-corrected chi connectivity index (χ2v) is 4.09. The summed E-state index contributed by atoms with van der Waals surface area (Å²) in [6.07, 6.45) is 1.20. The smallest absolute Gasteiger partial charge is 0.307 e. The van der Waals surface area contributed by atoms with Crippen molar-refractivity contribution in [2.45, 2.75) is 31.8 Å². The zero-order valence-corrected chi connectivity index (χ0v) is 9.21. The summed E-state index contributed by atoms with van der Waals surface area (Å²) in [6.45, 7) is 1.91. The van der Waals surface area contributed by atoms with E-state index in [1.54, 1.807) is 7.11 Å². The number of carboxylic acid groups (broad SMARTS) is 1. The molecule has 3 unspecified atom stereocenters. The zero-order chi connectivity index (χ0) is 11.7. The molecule has 0 saturated heterocycles. The molecule has 6 nitrogen and oxygen atoms in total. The van der Waals surface area contributed by atoms with Gasteiger partial charge in [-0.2, -0.15) is 4.98 Å². The molecular weight excluding hydrogens is 212 g/mol. The summed E-state index contributed by atoms with van der Waals surface area (Å²) < 4.78 is 10.1. The van der Waals surface area contributed by atoms with Gasteiger partial charge in [0.2, 0.25) is 5.89 Å². The number of carboxylic acids is 1. The van der Waals surface area contributed by atoms with E-state index in [4.69, 9.17) is 14.4 Å². The lowest BCUT2D eigenvalue weighted by Gasteiger charge is -2.03. The summed E-state index contributed by atoms with van der Waals surface area (Å²) in [5.41, 5.74) is 0. The van der Waals surface area contributed by atoms with Gasteiger partial charge in [-0.25, -0.2) is 0 Å².